The molecule has 1 saturated heterocycles. The van der Waals surface area contributed by atoms with Gasteiger partial charge in [0.25, 0.3) is 5.91 Å². The van der Waals surface area contributed by atoms with Gasteiger partial charge in [0.1, 0.15) is 5.71 Å². The van der Waals surface area contributed by atoms with Crippen molar-refractivity contribution in [3.8, 4) is 0 Å². The summed E-state index contributed by atoms with van der Waals surface area (Å²) in [6.07, 6.45) is -0.0618. The van der Waals surface area contributed by atoms with Crippen molar-refractivity contribution in [3.05, 3.63) is 35.9 Å². The monoisotopic (exact) mass is 246 g/mol. The second kappa shape index (κ2) is 4.42. The maximum atomic E-state index is 12.0. The Hall–Kier alpha value is -1.88. The van der Waals surface area contributed by atoms with E-state index in [0.717, 1.165) is 5.56 Å². The van der Waals surface area contributed by atoms with E-state index >= 15 is 0 Å². The first-order valence-corrected chi connectivity index (χ1v) is 5.99. The van der Waals surface area contributed by atoms with E-state index in [9.17, 15) is 9.90 Å². The number of amides is 1. The molecule has 1 fully saturated rings. The predicted molar refractivity (Wildman–Crippen MR) is 64.9 cm³/mol. The van der Waals surface area contributed by atoms with Gasteiger partial charge in [0.05, 0.1) is 6.10 Å². The standard InChI is InChI=1S/C13H14N2O3/c16-10-7-15(8-10)13(17)11-6-12(18-14-11)9-4-2-1-3-5-9/h1-5,10,12,16H,6-8H2/t12-/m0/s1. The second-order valence-corrected chi connectivity index (χ2v) is 4.61. The van der Waals surface area contributed by atoms with Crippen LogP contribution in [0.5, 0.6) is 0 Å². The number of aliphatic hydroxyl groups is 1. The van der Waals surface area contributed by atoms with Gasteiger partial charge in [0.15, 0.2) is 6.10 Å². The molecule has 1 aromatic rings. The van der Waals surface area contributed by atoms with Gasteiger partial charge in [-0.2, -0.15) is 0 Å². The van der Waals surface area contributed by atoms with Gasteiger partial charge in [-0.05, 0) is 5.56 Å². The molecule has 0 aromatic heterocycles. The Morgan fingerprint density at radius 1 is 1.33 bits per heavy atom. The van der Waals surface area contributed by atoms with Crippen LogP contribution < -0.4 is 0 Å². The van der Waals surface area contributed by atoms with Crippen molar-refractivity contribution in [2.24, 2.45) is 5.16 Å². The number of hydrogen-bond donors (Lipinski definition) is 1. The zero-order valence-corrected chi connectivity index (χ0v) is 9.82. The van der Waals surface area contributed by atoms with Crippen LogP contribution in [0, 0.1) is 0 Å². The molecule has 0 saturated carbocycles. The Balaban J connectivity index is 1.63. The molecule has 0 spiro atoms. The summed E-state index contributed by atoms with van der Waals surface area (Å²) in [4.78, 5) is 18.8. The van der Waals surface area contributed by atoms with Crippen molar-refractivity contribution in [3.63, 3.8) is 0 Å². The fraction of sp³-hybridized carbons (Fsp3) is 0.385. The minimum Gasteiger partial charge on any atom is -0.389 e. The van der Waals surface area contributed by atoms with E-state index in [0.29, 0.717) is 25.2 Å². The van der Waals surface area contributed by atoms with Crippen LogP contribution in [0.15, 0.2) is 35.5 Å². The quantitative estimate of drug-likeness (QED) is 0.835. The second-order valence-electron chi connectivity index (χ2n) is 4.61. The highest BCUT2D eigenvalue weighted by Gasteiger charge is 2.35. The van der Waals surface area contributed by atoms with E-state index in [1.54, 1.807) is 4.90 Å². The summed E-state index contributed by atoms with van der Waals surface area (Å²) < 4.78 is 0. The topological polar surface area (TPSA) is 62.1 Å². The first kappa shape index (κ1) is 11.2. The van der Waals surface area contributed by atoms with E-state index in [4.69, 9.17) is 4.84 Å². The summed E-state index contributed by atoms with van der Waals surface area (Å²) in [5.41, 5.74) is 1.46. The number of β-amino-alcohol motifs (C(OH)–C–C–N with tert-alkyl or cyclic N) is 1. The maximum Gasteiger partial charge on any atom is 0.271 e. The minimum atomic E-state index is -0.387. The molecule has 0 unspecified atom stereocenters. The summed E-state index contributed by atoms with van der Waals surface area (Å²) in [5.74, 6) is -0.126. The average molecular weight is 246 g/mol. The zero-order chi connectivity index (χ0) is 12.5. The summed E-state index contributed by atoms with van der Waals surface area (Å²) >= 11 is 0. The van der Waals surface area contributed by atoms with Gasteiger partial charge in [-0.1, -0.05) is 35.5 Å². The van der Waals surface area contributed by atoms with E-state index in [2.05, 4.69) is 5.16 Å². The molecule has 94 valence electrons. The van der Waals surface area contributed by atoms with Crippen molar-refractivity contribution in [2.75, 3.05) is 13.1 Å². The van der Waals surface area contributed by atoms with Gasteiger partial charge in [0, 0.05) is 19.5 Å². The Labute approximate surface area is 105 Å². The molecule has 5 heteroatoms. The molecule has 2 aliphatic heterocycles. The molecule has 0 radical (unpaired) electrons. The van der Waals surface area contributed by atoms with Crippen molar-refractivity contribution in [1.82, 2.24) is 4.90 Å². The Morgan fingerprint density at radius 3 is 2.72 bits per heavy atom. The van der Waals surface area contributed by atoms with Crippen LogP contribution >= 0.6 is 0 Å². The van der Waals surface area contributed by atoms with Crippen molar-refractivity contribution in [2.45, 2.75) is 18.6 Å². The zero-order valence-electron chi connectivity index (χ0n) is 9.82. The molecule has 3 rings (SSSR count). The van der Waals surface area contributed by atoms with Gasteiger partial charge in [-0.15, -0.1) is 0 Å². The normalized spacial score (nSPS) is 23.3. The fourth-order valence-electron chi connectivity index (χ4n) is 2.15. The third kappa shape index (κ3) is 1.97. The lowest BCUT2D eigenvalue weighted by Gasteiger charge is -2.35. The largest absolute Gasteiger partial charge is 0.389 e. The number of nitrogens with zero attached hydrogens (tertiary/aromatic N) is 2. The van der Waals surface area contributed by atoms with Gasteiger partial charge in [-0.3, -0.25) is 4.79 Å². The maximum absolute atomic E-state index is 12.0. The molecule has 1 amide bonds. The highest BCUT2D eigenvalue weighted by Crippen LogP contribution is 2.28. The van der Waals surface area contributed by atoms with Crippen LogP contribution in [0.2, 0.25) is 0 Å². The predicted octanol–water partition coefficient (Wildman–Crippen LogP) is 0.707. The smallest absolute Gasteiger partial charge is 0.271 e. The third-order valence-corrected chi connectivity index (χ3v) is 3.24. The molecule has 1 atom stereocenters. The summed E-state index contributed by atoms with van der Waals surface area (Å²) in [5, 5.41) is 13.0. The molecule has 0 bridgehead atoms. The number of carbonyl (C=O) groups is 1. The third-order valence-electron chi connectivity index (χ3n) is 3.24. The minimum absolute atomic E-state index is 0.126. The number of likely N-dealkylation sites (tertiary alicyclic amines) is 1. The first-order chi connectivity index (χ1) is 8.74. The summed E-state index contributed by atoms with van der Waals surface area (Å²) in [6, 6.07) is 9.73. The Kier molecular flexibility index (Phi) is 2.76. The summed E-state index contributed by atoms with van der Waals surface area (Å²) in [7, 11) is 0. The molecule has 1 N–H and O–H groups in total. The molecule has 18 heavy (non-hydrogen) atoms. The number of aliphatic hydroxyl groups excluding tert-OH is 1. The van der Waals surface area contributed by atoms with Crippen LogP contribution in [-0.4, -0.2) is 40.8 Å². The van der Waals surface area contributed by atoms with Gasteiger partial charge in [-0.25, -0.2) is 0 Å². The first-order valence-electron chi connectivity index (χ1n) is 5.99. The molecule has 2 heterocycles. The van der Waals surface area contributed by atoms with E-state index in [1.165, 1.54) is 0 Å². The Bertz CT molecular complexity index is 480. The van der Waals surface area contributed by atoms with Crippen LogP contribution in [0.25, 0.3) is 0 Å². The molecular weight excluding hydrogens is 232 g/mol. The van der Waals surface area contributed by atoms with E-state index in [-0.39, 0.29) is 18.1 Å². The average Bonchev–Trinajstić information content (AvgIpc) is 2.85. The number of benzene rings is 1. The van der Waals surface area contributed by atoms with Gasteiger partial charge in [0.2, 0.25) is 0 Å². The SMILES string of the molecule is O=C(C1=NO[C@H](c2ccccc2)C1)N1CC(O)C1. The summed E-state index contributed by atoms with van der Waals surface area (Å²) in [6.45, 7) is 0.793. The molecule has 1 aromatic carbocycles. The number of oxime groups is 1. The molecule has 2 aliphatic rings. The molecule has 0 aliphatic carbocycles. The lowest BCUT2D eigenvalue weighted by Crippen LogP contribution is -2.55. The van der Waals surface area contributed by atoms with Gasteiger partial charge >= 0.3 is 0 Å². The number of carbonyl (C=O) groups excluding carboxylic acids is 1. The van der Waals surface area contributed by atoms with Crippen LogP contribution in [0.3, 0.4) is 0 Å². The van der Waals surface area contributed by atoms with Crippen molar-refractivity contribution >= 4 is 11.6 Å². The van der Waals surface area contributed by atoms with Gasteiger partial charge < -0.3 is 14.8 Å². The number of rotatable bonds is 2. The lowest BCUT2D eigenvalue weighted by molar-refractivity contribution is -0.133. The van der Waals surface area contributed by atoms with Crippen LogP contribution in [0.1, 0.15) is 18.1 Å². The molecular formula is C13H14N2O3. The number of hydrogen-bond acceptors (Lipinski definition) is 4. The fourth-order valence-corrected chi connectivity index (χ4v) is 2.15. The highest BCUT2D eigenvalue weighted by atomic mass is 16.6. The van der Waals surface area contributed by atoms with Crippen molar-refractivity contribution in [1.29, 1.82) is 0 Å². The Morgan fingerprint density at radius 2 is 2.06 bits per heavy atom. The highest BCUT2D eigenvalue weighted by molar-refractivity contribution is 6.39. The molecule has 5 nitrogen and oxygen atoms in total. The lowest BCUT2D eigenvalue weighted by atomic mass is 10.0. The van der Waals surface area contributed by atoms with Crippen LogP contribution in [-0.2, 0) is 9.63 Å². The van der Waals surface area contributed by atoms with E-state index in [1.807, 2.05) is 30.3 Å². The van der Waals surface area contributed by atoms with Crippen LogP contribution in [0.4, 0.5) is 0 Å². The van der Waals surface area contributed by atoms with E-state index < -0.39 is 0 Å². The van der Waals surface area contributed by atoms with Crippen molar-refractivity contribution < 1.29 is 14.7 Å².